The molecule has 0 saturated heterocycles. The first-order valence-corrected chi connectivity index (χ1v) is 6.60. The summed E-state index contributed by atoms with van der Waals surface area (Å²) < 4.78 is 51.7. The van der Waals surface area contributed by atoms with Gasteiger partial charge in [0.15, 0.2) is 0 Å². The average Bonchev–Trinajstić information content (AvgIpc) is 2.92. The van der Waals surface area contributed by atoms with Crippen LogP contribution in [0, 0.1) is 6.92 Å². The Morgan fingerprint density at radius 2 is 1.83 bits per heavy atom. The van der Waals surface area contributed by atoms with Crippen LogP contribution >= 0.6 is 0 Å². The molecular weight excluding hydrogens is 314 g/mol. The SMILES string of the molecule is Cc1cc(Nc2ccc(CF)cc2)n2nc(C(F)(F)F)nc2n1. The van der Waals surface area contributed by atoms with E-state index in [1.165, 1.54) is 0 Å². The number of benzene rings is 1. The van der Waals surface area contributed by atoms with Crippen LogP contribution in [0.4, 0.5) is 29.1 Å². The van der Waals surface area contributed by atoms with Gasteiger partial charge in [-0.3, -0.25) is 0 Å². The number of hydrogen-bond donors (Lipinski definition) is 1. The summed E-state index contributed by atoms with van der Waals surface area (Å²) in [6, 6.07) is 7.95. The van der Waals surface area contributed by atoms with Crippen LogP contribution in [0.1, 0.15) is 17.1 Å². The third-order valence-electron chi connectivity index (χ3n) is 3.07. The normalized spacial score (nSPS) is 11.9. The van der Waals surface area contributed by atoms with Crippen molar-refractivity contribution in [3.05, 3.63) is 47.4 Å². The number of fused-ring (bicyclic) bond motifs is 1. The van der Waals surface area contributed by atoms with Gasteiger partial charge in [0, 0.05) is 17.4 Å². The molecule has 2 heterocycles. The molecule has 23 heavy (non-hydrogen) atoms. The van der Waals surface area contributed by atoms with E-state index in [0.717, 1.165) is 4.52 Å². The maximum Gasteiger partial charge on any atom is 0.453 e. The fourth-order valence-electron chi connectivity index (χ4n) is 2.02. The molecule has 9 heteroatoms. The molecule has 1 N–H and O–H groups in total. The summed E-state index contributed by atoms with van der Waals surface area (Å²) >= 11 is 0. The van der Waals surface area contributed by atoms with E-state index in [4.69, 9.17) is 0 Å². The lowest BCUT2D eigenvalue weighted by Crippen LogP contribution is -2.08. The highest BCUT2D eigenvalue weighted by Crippen LogP contribution is 2.27. The number of halogens is 4. The van der Waals surface area contributed by atoms with E-state index in [2.05, 4.69) is 20.4 Å². The fourth-order valence-corrected chi connectivity index (χ4v) is 2.02. The molecule has 0 unspecified atom stereocenters. The lowest BCUT2D eigenvalue weighted by molar-refractivity contribution is -0.144. The van der Waals surface area contributed by atoms with Crippen LogP contribution in [0.5, 0.6) is 0 Å². The number of anilines is 2. The maximum atomic E-state index is 12.7. The predicted molar refractivity (Wildman–Crippen MR) is 75.1 cm³/mol. The quantitative estimate of drug-likeness (QED) is 0.747. The minimum Gasteiger partial charge on any atom is -0.340 e. The third kappa shape index (κ3) is 3.08. The predicted octanol–water partition coefficient (Wildman–Crippen LogP) is 3.66. The second-order valence-corrected chi connectivity index (χ2v) is 4.88. The zero-order valence-electron chi connectivity index (χ0n) is 11.9. The van der Waals surface area contributed by atoms with Gasteiger partial charge < -0.3 is 5.32 Å². The van der Waals surface area contributed by atoms with Crippen LogP contribution in [0.25, 0.3) is 5.78 Å². The zero-order chi connectivity index (χ0) is 16.6. The van der Waals surface area contributed by atoms with Crippen molar-refractivity contribution in [3.63, 3.8) is 0 Å². The molecule has 0 spiro atoms. The number of nitrogens with zero attached hydrogens (tertiary/aromatic N) is 4. The lowest BCUT2D eigenvalue weighted by atomic mass is 10.2. The Labute approximate surface area is 128 Å². The van der Waals surface area contributed by atoms with Crippen molar-refractivity contribution in [3.8, 4) is 0 Å². The van der Waals surface area contributed by atoms with Gasteiger partial charge in [0.25, 0.3) is 11.6 Å². The minimum absolute atomic E-state index is 0.153. The molecule has 0 radical (unpaired) electrons. The van der Waals surface area contributed by atoms with E-state index in [1.807, 2.05) is 0 Å². The standard InChI is InChI=1S/C14H11F4N5/c1-8-6-11(20-10-4-2-9(7-15)3-5-10)23-13(19-8)21-12(22-23)14(16,17)18/h2-6,20H,7H2,1H3. The highest BCUT2D eigenvalue weighted by molar-refractivity contribution is 5.59. The van der Waals surface area contributed by atoms with E-state index in [-0.39, 0.29) is 11.6 Å². The van der Waals surface area contributed by atoms with Crippen LogP contribution in [0.15, 0.2) is 30.3 Å². The molecular formula is C14H11F4N5. The zero-order valence-corrected chi connectivity index (χ0v) is 11.9. The van der Waals surface area contributed by atoms with Crippen LogP contribution in [0.2, 0.25) is 0 Å². The van der Waals surface area contributed by atoms with E-state index in [1.54, 1.807) is 37.3 Å². The Bertz CT molecular complexity index is 839. The van der Waals surface area contributed by atoms with Crippen LogP contribution in [0.3, 0.4) is 0 Å². The Balaban J connectivity index is 2.03. The molecule has 0 bridgehead atoms. The third-order valence-corrected chi connectivity index (χ3v) is 3.07. The van der Waals surface area contributed by atoms with Crippen molar-refractivity contribution in [1.29, 1.82) is 0 Å². The Morgan fingerprint density at radius 1 is 1.13 bits per heavy atom. The highest BCUT2D eigenvalue weighted by atomic mass is 19.4. The van der Waals surface area contributed by atoms with Gasteiger partial charge in [-0.1, -0.05) is 12.1 Å². The molecule has 3 aromatic rings. The summed E-state index contributed by atoms with van der Waals surface area (Å²) in [5.74, 6) is -1.13. The van der Waals surface area contributed by atoms with Gasteiger partial charge in [-0.25, -0.2) is 9.37 Å². The fraction of sp³-hybridized carbons (Fsp3) is 0.214. The maximum absolute atomic E-state index is 12.7. The highest BCUT2D eigenvalue weighted by Gasteiger charge is 2.36. The van der Waals surface area contributed by atoms with Crippen molar-refractivity contribution in [2.24, 2.45) is 0 Å². The molecule has 0 aliphatic carbocycles. The van der Waals surface area contributed by atoms with Crippen LogP contribution in [-0.2, 0) is 12.9 Å². The first-order valence-electron chi connectivity index (χ1n) is 6.60. The monoisotopic (exact) mass is 325 g/mol. The second-order valence-electron chi connectivity index (χ2n) is 4.88. The minimum atomic E-state index is -4.65. The Hall–Kier alpha value is -2.71. The number of aromatic nitrogens is 4. The van der Waals surface area contributed by atoms with Crippen LogP contribution < -0.4 is 5.32 Å². The van der Waals surface area contributed by atoms with Gasteiger partial charge in [0.1, 0.15) is 12.5 Å². The molecule has 1 aromatic carbocycles. The average molecular weight is 325 g/mol. The first-order chi connectivity index (χ1) is 10.9. The largest absolute Gasteiger partial charge is 0.453 e. The van der Waals surface area contributed by atoms with E-state index < -0.39 is 18.7 Å². The van der Waals surface area contributed by atoms with E-state index in [0.29, 0.717) is 16.9 Å². The molecule has 0 amide bonds. The number of alkyl halides is 4. The summed E-state index contributed by atoms with van der Waals surface area (Å²) in [6.45, 7) is 1.05. The smallest absolute Gasteiger partial charge is 0.340 e. The van der Waals surface area contributed by atoms with Gasteiger partial charge in [0.2, 0.25) is 0 Å². The van der Waals surface area contributed by atoms with Crippen LogP contribution in [-0.4, -0.2) is 19.6 Å². The molecule has 120 valence electrons. The summed E-state index contributed by atoms with van der Waals surface area (Å²) in [7, 11) is 0. The molecule has 0 aliphatic rings. The molecule has 0 aliphatic heterocycles. The van der Waals surface area contributed by atoms with Crippen molar-refractivity contribution in [2.75, 3.05) is 5.32 Å². The lowest BCUT2D eigenvalue weighted by Gasteiger charge is -2.09. The topological polar surface area (TPSA) is 55.1 Å². The Morgan fingerprint density at radius 3 is 2.43 bits per heavy atom. The number of hydrogen-bond acceptors (Lipinski definition) is 4. The molecule has 2 aromatic heterocycles. The Kier molecular flexibility index (Phi) is 3.63. The molecule has 3 rings (SSSR count). The van der Waals surface area contributed by atoms with Gasteiger partial charge in [-0.15, -0.1) is 5.10 Å². The summed E-state index contributed by atoms with van der Waals surface area (Å²) in [5.41, 5.74) is 1.58. The van der Waals surface area contributed by atoms with Gasteiger partial charge in [-0.05, 0) is 24.6 Å². The van der Waals surface area contributed by atoms with Gasteiger partial charge >= 0.3 is 6.18 Å². The summed E-state index contributed by atoms with van der Waals surface area (Å²) in [6.07, 6.45) is -4.65. The second kappa shape index (κ2) is 5.49. The number of aryl methyl sites for hydroxylation is 1. The van der Waals surface area contributed by atoms with Crippen molar-refractivity contribution >= 4 is 17.3 Å². The molecule has 0 fully saturated rings. The van der Waals surface area contributed by atoms with E-state index in [9.17, 15) is 17.6 Å². The van der Waals surface area contributed by atoms with Crippen molar-refractivity contribution < 1.29 is 17.6 Å². The van der Waals surface area contributed by atoms with Crippen molar-refractivity contribution in [1.82, 2.24) is 19.6 Å². The summed E-state index contributed by atoms with van der Waals surface area (Å²) in [5, 5.41) is 6.38. The van der Waals surface area contributed by atoms with Gasteiger partial charge in [0.05, 0.1) is 0 Å². The number of rotatable bonds is 3. The first kappa shape index (κ1) is 15.2. The van der Waals surface area contributed by atoms with E-state index >= 15 is 0 Å². The molecule has 0 atom stereocenters. The summed E-state index contributed by atoms with van der Waals surface area (Å²) in [4.78, 5) is 7.34. The molecule has 5 nitrogen and oxygen atoms in total. The molecule has 0 saturated carbocycles. The number of nitrogens with one attached hydrogen (secondary N) is 1. The van der Waals surface area contributed by atoms with Crippen molar-refractivity contribution in [2.45, 2.75) is 19.8 Å². The van der Waals surface area contributed by atoms with Gasteiger partial charge in [-0.2, -0.15) is 22.7 Å².